The summed E-state index contributed by atoms with van der Waals surface area (Å²) in [6.45, 7) is 13.8. The van der Waals surface area contributed by atoms with Gasteiger partial charge in [-0.05, 0) is 48.5 Å². The molecule has 36 heavy (non-hydrogen) atoms. The van der Waals surface area contributed by atoms with Gasteiger partial charge in [0.05, 0.1) is 42.9 Å². The number of rotatable bonds is 4. The summed E-state index contributed by atoms with van der Waals surface area (Å²) >= 11 is 0. The highest BCUT2D eigenvalue weighted by Gasteiger charge is 2.48. The SMILES string of the molecule is C[C@@H]1COC[C@@]2(C)COc3c(nc(Nc4cnn(C(=O)OC(C)(C)C)c4)nc3C(C)(C)S(C)(=O)=O)N12. The zero-order valence-electron chi connectivity index (χ0n) is 21.9. The summed E-state index contributed by atoms with van der Waals surface area (Å²) in [5.41, 5.74) is -0.479. The first kappa shape index (κ1) is 26.1. The molecule has 2 aliphatic rings. The van der Waals surface area contributed by atoms with E-state index in [9.17, 15) is 13.2 Å². The number of hydrogen-bond acceptors (Lipinski definition) is 11. The van der Waals surface area contributed by atoms with Crippen LogP contribution in [0.15, 0.2) is 12.4 Å². The highest BCUT2D eigenvalue weighted by molar-refractivity contribution is 7.91. The topological polar surface area (TPSA) is 138 Å². The largest absolute Gasteiger partial charge is 0.485 e. The van der Waals surface area contributed by atoms with Gasteiger partial charge < -0.3 is 24.4 Å². The molecule has 0 unspecified atom stereocenters. The van der Waals surface area contributed by atoms with E-state index in [1.807, 2.05) is 13.8 Å². The second-order valence-electron chi connectivity index (χ2n) is 11.1. The molecule has 0 amide bonds. The number of morpholine rings is 1. The Labute approximate surface area is 211 Å². The first-order valence-electron chi connectivity index (χ1n) is 11.7. The van der Waals surface area contributed by atoms with Crippen molar-refractivity contribution in [2.75, 3.05) is 36.3 Å². The van der Waals surface area contributed by atoms with Gasteiger partial charge in [-0.25, -0.2) is 18.2 Å². The van der Waals surface area contributed by atoms with Crippen LogP contribution in [0.3, 0.4) is 0 Å². The Morgan fingerprint density at radius 2 is 1.92 bits per heavy atom. The van der Waals surface area contributed by atoms with Crippen LogP contribution in [0.2, 0.25) is 0 Å². The summed E-state index contributed by atoms with van der Waals surface area (Å²) in [7, 11) is -3.58. The minimum atomic E-state index is -3.58. The lowest BCUT2D eigenvalue weighted by Crippen LogP contribution is -2.64. The molecule has 1 fully saturated rings. The molecule has 4 rings (SSSR count). The Kier molecular flexibility index (Phi) is 6.23. The summed E-state index contributed by atoms with van der Waals surface area (Å²) < 4.78 is 42.5. The van der Waals surface area contributed by atoms with E-state index >= 15 is 0 Å². The van der Waals surface area contributed by atoms with Crippen LogP contribution in [0.5, 0.6) is 5.75 Å². The number of sulfone groups is 1. The van der Waals surface area contributed by atoms with Gasteiger partial charge in [-0.1, -0.05) is 0 Å². The number of carbonyl (C=O) groups excluding carboxylic acids is 1. The molecule has 12 nitrogen and oxygen atoms in total. The average Bonchev–Trinajstić information content (AvgIpc) is 3.19. The van der Waals surface area contributed by atoms with E-state index in [0.29, 0.717) is 37.1 Å². The molecular weight excluding hydrogens is 488 g/mol. The zero-order chi connectivity index (χ0) is 26.7. The van der Waals surface area contributed by atoms with E-state index in [-0.39, 0.29) is 17.7 Å². The Balaban J connectivity index is 1.79. The van der Waals surface area contributed by atoms with Gasteiger partial charge in [0.15, 0.2) is 21.4 Å². The maximum atomic E-state index is 12.8. The van der Waals surface area contributed by atoms with Crippen molar-refractivity contribution < 1.29 is 27.4 Å². The van der Waals surface area contributed by atoms with E-state index in [1.165, 1.54) is 18.6 Å². The van der Waals surface area contributed by atoms with E-state index in [4.69, 9.17) is 19.2 Å². The van der Waals surface area contributed by atoms with E-state index in [1.54, 1.807) is 34.6 Å². The molecule has 0 bridgehead atoms. The summed E-state index contributed by atoms with van der Waals surface area (Å²) in [5, 5.41) is 7.12. The van der Waals surface area contributed by atoms with Crippen molar-refractivity contribution in [3.63, 3.8) is 0 Å². The third-order valence-corrected chi connectivity index (χ3v) is 8.36. The van der Waals surface area contributed by atoms with Crippen molar-refractivity contribution in [2.24, 2.45) is 0 Å². The number of nitrogens with zero attached hydrogens (tertiary/aromatic N) is 5. The standard InChI is InChI=1S/C23H34N6O6S/c1-14-11-33-12-23(7)13-34-16-17(22(5,6)36(8,31)32)26-19(27-18(16)29(14)23)25-15-9-24-28(10-15)20(30)35-21(2,3)4/h9-10,14H,11-13H2,1-8H3,(H,25,26,27)/t14-,23+/m1/s1. The van der Waals surface area contributed by atoms with Crippen LogP contribution in [0.25, 0.3) is 0 Å². The van der Waals surface area contributed by atoms with Crippen LogP contribution < -0.4 is 15.0 Å². The van der Waals surface area contributed by atoms with Gasteiger partial charge in [0.2, 0.25) is 5.95 Å². The predicted molar refractivity (Wildman–Crippen MR) is 134 cm³/mol. The zero-order valence-corrected chi connectivity index (χ0v) is 22.8. The lowest BCUT2D eigenvalue weighted by atomic mass is 9.95. The highest BCUT2D eigenvalue weighted by atomic mass is 32.2. The molecule has 13 heteroatoms. The quantitative estimate of drug-likeness (QED) is 0.634. The fourth-order valence-corrected chi connectivity index (χ4v) is 4.72. The molecule has 2 aromatic heterocycles. The second kappa shape index (κ2) is 8.58. The maximum absolute atomic E-state index is 12.8. The van der Waals surface area contributed by atoms with Crippen LogP contribution >= 0.6 is 0 Å². The lowest BCUT2D eigenvalue weighted by Gasteiger charge is -2.51. The molecule has 1 saturated heterocycles. The van der Waals surface area contributed by atoms with Gasteiger partial charge in [-0.3, -0.25) is 0 Å². The van der Waals surface area contributed by atoms with E-state index in [0.717, 1.165) is 4.68 Å². The van der Waals surface area contributed by atoms with E-state index in [2.05, 4.69) is 20.3 Å². The summed E-state index contributed by atoms with van der Waals surface area (Å²) in [5.74, 6) is 0.978. The maximum Gasteiger partial charge on any atom is 0.435 e. The molecule has 0 aromatic carbocycles. The lowest BCUT2D eigenvalue weighted by molar-refractivity contribution is 0.00706. The fourth-order valence-electron chi connectivity index (χ4n) is 4.23. The number of ether oxygens (including phenoxy) is 3. The Morgan fingerprint density at radius 3 is 2.56 bits per heavy atom. The van der Waals surface area contributed by atoms with Crippen molar-refractivity contribution in [3.05, 3.63) is 18.1 Å². The molecule has 2 aromatic rings. The van der Waals surface area contributed by atoms with Gasteiger partial charge >= 0.3 is 6.09 Å². The molecule has 0 aliphatic carbocycles. The number of anilines is 3. The fraction of sp³-hybridized carbons (Fsp3) is 0.652. The molecule has 0 saturated carbocycles. The molecule has 2 atom stereocenters. The Bertz CT molecular complexity index is 1280. The van der Waals surface area contributed by atoms with Crippen molar-refractivity contribution in [3.8, 4) is 5.75 Å². The van der Waals surface area contributed by atoms with Gasteiger partial charge in [0, 0.05) is 6.26 Å². The van der Waals surface area contributed by atoms with Crippen molar-refractivity contribution in [1.29, 1.82) is 0 Å². The van der Waals surface area contributed by atoms with Crippen LogP contribution in [0, 0.1) is 0 Å². The molecule has 0 radical (unpaired) electrons. The smallest absolute Gasteiger partial charge is 0.435 e. The molecule has 2 aliphatic heterocycles. The minimum absolute atomic E-state index is 0.0294. The Hall–Kier alpha value is -2.93. The average molecular weight is 523 g/mol. The summed E-state index contributed by atoms with van der Waals surface area (Å²) in [6.07, 6.45) is 3.43. The Morgan fingerprint density at radius 1 is 1.22 bits per heavy atom. The predicted octanol–water partition coefficient (Wildman–Crippen LogP) is 2.86. The van der Waals surface area contributed by atoms with Gasteiger partial charge in [0.25, 0.3) is 0 Å². The molecule has 0 spiro atoms. The number of carbonyl (C=O) groups is 1. The van der Waals surface area contributed by atoms with Gasteiger partial charge in [-0.2, -0.15) is 14.8 Å². The van der Waals surface area contributed by atoms with Crippen molar-refractivity contribution in [2.45, 2.75) is 70.4 Å². The number of aromatic nitrogens is 4. The highest BCUT2D eigenvalue weighted by Crippen LogP contribution is 2.46. The number of hydrogen-bond donors (Lipinski definition) is 1. The van der Waals surface area contributed by atoms with Crippen molar-refractivity contribution >= 4 is 33.4 Å². The minimum Gasteiger partial charge on any atom is -0.485 e. The third kappa shape index (κ3) is 4.73. The van der Waals surface area contributed by atoms with Crippen LogP contribution in [0.1, 0.15) is 54.2 Å². The monoisotopic (exact) mass is 522 g/mol. The van der Waals surface area contributed by atoms with Gasteiger partial charge in [-0.15, -0.1) is 0 Å². The number of fused-ring (bicyclic) bond motifs is 3. The first-order chi connectivity index (χ1) is 16.5. The normalized spacial score (nSPS) is 22.3. The molecule has 198 valence electrons. The molecule has 1 N–H and O–H groups in total. The summed E-state index contributed by atoms with van der Waals surface area (Å²) in [4.78, 5) is 23.8. The molecular formula is C23H34N6O6S. The van der Waals surface area contributed by atoms with Gasteiger partial charge in [0.1, 0.15) is 22.6 Å². The van der Waals surface area contributed by atoms with Crippen LogP contribution in [0.4, 0.5) is 22.2 Å². The van der Waals surface area contributed by atoms with Crippen molar-refractivity contribution in [1.82, 2.24) is 19.7 Å². The summed E-state index contributed by atoms with van der Waals surface area (Å²) in [6, 6.07) is -0.0294. The number of nitrogens with one attached hydrogen (secondary N) is 1. The first-order valence-corrected chi connectivity index (χ1v) is 13.6. The van der Waals surface area contributed by atoms with Crippen LogP contribution in [-0.4, -0.2) is 77.5 Å². The second-order valence-corrected chi connectivity index (χ2v) is 13.7. The molecule has 4 heterocycles. The third-order valence-electron chi connectivity index (χ3n) is 6.31. The van der Waals surface area contributed by atoms with E-state index < -0.39 is 31.8 Å². The van der Waals surface area contributed by atoms with Crippen LogP contribution in [-0.2, 0) is 24.1 Å².